The van der Waals surface area contributed by atoms with Gasteiger partial charge in [0.2, 0.25) is 0 Å². The fourth-order valence-electron chi connectivity index (χ4n) is 4.09. The fraction of sp³-hybridized carbons (Fsp3) is 0.174. The molecule has 0 bridgehead atoms. The van der Waals surface area contributed by atoms with E-state index in [1.807, 2.05) is 42.5 Å². The molecule has 0 amide bonds. The number of halogens is 1. The predicted molar refractivity (Wildman–Crippen MR) is 123 cm³/mol. The van der Waals surface area contributed by atoms with Gasteiger partial charge in [0.1, 0.15) is 17.7 Å². The lowest BCUT2D eigenvalue weighted by Crippen LogP contribution is -2.29. The number of benzene rings is 2. The SMILES string of the molecule is O=c1c2c(Cl)cccc2nc([C@@H](Nc2ncnc3nc[nH]c23)C2CC2)n1-c1ccccc1. The van der Waals surface area contributed by atoms with Crippen molar-refractivity contribution in [3.05, 3.63) is 82.4 Å². The Balaban J connectivity index is 1.59. The Morgan fingerprint density at radius 3 is 2.72 bits per heavy atom. The second-order valence-electron chi connectivity index (χ2n) is 7.86. The van der Waals surface area contributed by atoms with Crippen LogP contribution < -0.4 is 10.9 Å². The third-order valence-electron chi connectivity index (χ3n) is 5.77. The van der Waals surface area contributed by atoms with Gasteiger partial charge in [-0.25, -0.2) is 19.9 Å². The van der Waals surface area contributed by atoms with E-state index >= 15 is 0 Å². The molecule has 6 rings (SSSR count). The minimum absolute atomic E-state index is 0.191. The van der Waals surface area contributed by atoms with Crippen LogP contribution in [0.5, 0.6) is 0 Å². The largest absolute Gasteiger partial charge is 0.358 e. The molecule has 0 spiro atoms. The molecule has 5 aromatic rings. The first kappa shape index (κ1) is 18.9. The summed E-state index contributed by atoms with van der Waals surface area (Å²) >= 11 is 6.41. The fourth-order valence-corrected chi connectivity index (χ4v) is 4.34. The molecule has 1 saturated carbocycles. The third kappa shape index (κ3) is 3.11. The molecule has 2 aromatic carbocycles. The van der Waals surface area contributed by atoms with Crippen molar-refractivity contribution in [2.75, 3.05) is 5.32 Å². The summed E-state index contributed by atoms with van der Waals surface area (Å²) in [6, 6.07) is 14.6. The first-order valence-electron chi connectivity index (χ1n) is 10.4. The van der Waals surface area contributed by atoms with Crippen LogP contribution in [0.15, 0.2) is 66.0 Å². The van der Waals surface area contributed by atoms with E-state index in [4.69, 9.17) is 16.6 Å². The van der Waals surface area contributed by atoms with Gasteiger partial charge in [-0.2, -0.15) is 0 Å². The molecule has 3 aromatic heterocycles. The monoisotopic (exact) mass is 443 g/mol. The number of imidazole rings is 1. The summed E-state index contributed by atoms with van der Waals surface area (Å²) in [5, 5.41) is 4.33. The summed E-state index contributed by atoms with van der Waals surface area (Å²) in [4.78, 5) is 34.6. The standard InChI is InChI=1S/C23H18ClN7O/c24-15-7-4-8-16-17(15)23(32)31(14-5-2-1-3-6-14)22(29-16)18(13-9-10-13)30-21-19-20(26-11-25-19)27-12-28-21/h1-8,11-13,18H,9-10H2,(H2,25,26,27,28,30)/t18-/m0/s1. The zero-order chi connectivity index (χ0) is 21.7. The van der Waals surface area contributed by atoms with Gasteiger partial charge in [0, 0.05) is 0 Å². The first-order valence-corrected chi connectivity index (χ1v) is 10.8. The Kier molecular flexibility index (Phi) is 4.39. The Labute approximate surface area is 187 Å². The molecule has 3 heterocycles. The van der Waals surface area contributed by atoms with Crippen LogP contribution in [0, 0.1) is 5.92 Å². The van der Waals surface area contributed by atoms with E-state index in [2.05, 4.69) is 25.3 Å². The molecule has 9 heteroatoms. The van der Waals surface area contributed by atoms with Gasteiger partial charge in [-0.3, -0.25) is 9.36 Å². The number of anilines is 1. The Hall–Kier alpha value is -3.78. The molecule has 0 unspecified atom stereocenters. The molecule has 1 aliphatic carbocycles. The highest BCUT2D eigenvalue weighted by molar-refractivity contribution is 6.35. The molecule has 0 saturated heterocycles. The van der Waals surface area contributed by atoms with Crippen molar-refractivity contribution >= 4 is 39.5 Å². The van der Waals surface area contributed by atoms with E-state index in [0.29, 0.717) is 39.1 Å². The first-order chi connectivity index (χ1) is 15.7. The lowest BCUT2D eigenvalue weighted by molar-refractivity contribution is 0.609. The van der Waals surface area contributed by atoms with Crippen LogP contribution in [0.1, 0.15) is 24.7 Å². The van der Waals surface area contributed by atoms with Gasteiger partial charge in [0.25, 0.3) is 5.56 Å². The quantitative estimate of drug-likeness (QED) is 0.420. The number of para-hydroxylation sites is 1. The van der Waals surface area contributed by atoms with Crippen LogP contribution in [0.25, 0.3) is 27.8 Å². The molecule has 1 atom stereocenters. The number of hydrogen-bond donors (Lipinski definition) is 2. The Morgan fingerprint density at radius 1 is 1.06 bits per heavy atom. The number of nitrogens with one attached hydrogen (secondary N) is 2. The van der Waals surface area contributed by atoms with Gasteiger partial charge in [-0.15, -0.1) is 0 Å². The Bertz CT molecular complexity index is 1510. The van der Waals surface area contributed by atoms with E-state index < -0.39 is 0 Å². The highest BCUT2D eigenvalue weighted by Gasteiger charge is 2.36. The highest BCUT2D eigenvalue weighted by atomic mass is 35.5. The van der Waals surface area contributed by atoms with Crippen molar-refractivity contribution < 1.29 is 0 Å². The van der Waals surface area contributed by atoms with E-state index in [0.717, 1.165) is 24.0 Å². The topological polar surface area (TPSA) is 101 Å². The van der Waals surface area contributed by atoms with Crippen LogP contribution >= 0.6 is 11.6 Å². The minimum atomic E-state index is -0.229. The number of rotatable bonds is 5. The number of H-pyrrole nitrogens is 1. The van der Waals surface area contributed by atoms with Crippen molar-refractivity contribution in [2.24, 2.45) is 5.92 Å². The zero-order valence-corrected chi connectivity index (χ0v) is 17.6. The van der Waals surface area contributed by atoms with Crippen LogP contribution in [0.2, 0.25) is 5.02 Å². The van der Waals surface area contributed by atoms with Gasteiger partial charge in [0.15, 0.2) is 11.5 Å². The predicted octanol–water partition coefficient (Wildman–Crippen LogP) is 4.27. The van der Waals surface area contributed by atoms with Gasteiger partial charge in [0.05, 0.1) is 34.0 Å². The van der Waals surface area contributed by atoms with Gasteiger partial charge >= 0.3 is 0 Å². The van der Waals surface area contributed by atoms with Gasteiger partial charge in [-0.05, 0) is 43.0 Å². The van der Waals surface area contributed by atoms with Crippen molar-refractivity contribution in [3.63, 3.8) is 0 Å². The smallest absolute Gasteiger partial charge is 0.267 e. The molecular formula is C23H18ClN7O. The Morgan fingerprint density at radius 2 is 1.91 bits per heavy atom. The molecule has 1 fully saturated rings. The van der Waals surface area contributed by atoms with Gasteiger partial charge in [-0.1, -0.05) is 35.9 Å². The second-order valence-corrected chi connectivity index (χ2v) is 8.27. The maximum Gasteiger partial charge on any atom is 0.267 e. The summed E-state index contributed by atoms with van der Waals surface area (Å²) in [5.41, 5.74) is 2.42. The average molecular weight is 444 g/mol. The average Bonchev–Trinajstić information content (AvgIpc) is 3.53. The van der Waals surface area contributed by atoms with E-state index in [9.17, 15) is 4.79 Å². The molecule has 158 valence electrons. The normalized spacial score (nSPS) is 14.7. The lowest BCUT2D eigenvalue weighted by atomic mass is 10.1. The molecule has 2 N–H and O–H groups in total. The summed E-state index contributed by atoms with van der Waals surface area (Å²) in [7, 11) is 0. The molecule has 0 radical (unpaired) electrons. The third-order valence-corrected chi connectivity index (χ3v) is 6.09. The van der Waals surface area contributed by atoms with E-state index in [1.165, 1.54) is 6.33 Å². The summed E-state index contributed by atoms with van der Waals surface area (Å²) in [6.07, 6.45) is 5.14. The summed E-state index contributed by atoms with van der Waals surface area (Å²) in [5.74, 6) is 1.58. The van der Waals surface area contributed by atoms with E-state index in [-0.39, 0.29) is 11.6 Å². The number of fused-ring (bicyclic) bond motifs is 2. The highest BCUT2D eigenvalue weighted by Crippen LogP contribution is 2.43. The minimum Gasteiger partial charge on any atom is -0.358 e. The molecule has 8 nitrogen and oxygen atoms in total. The van der Waals surface area contributed by atoms with Crippen molar-refractivity contribution in [1.82, 2.24) is 29.5 Å². The molecule has 1 aliphatic rings. The lowest BCUT2D eigenvalue weighted by Gasteiger charge is -2.23. The van der Waals surface area contributed by atoms with Crippen LogP contribution in [0.4, 0.5) is 5.82 Å². The van der Waals surface area contributed by atoms with Crippen molar-refractivity contribution in [1.29, 1.82) is 0 Å². The molecule has 0 aliphatic heterocycles. The number of aromatic nitrogens is 6. The zero-order valence-electron chi connectivity index (χ0n) is 16.9. The maximum atomic E-state index is 13.7. The van der Waals surface area contributed by atoms with Crippen molar-refractivity contribution in [2.45, 2.75) is 18.9 Å². The van der Waals surface area contributed by atoms with Crippen LogP contribution in [0.3, 0.4) is 0 Å². The molecular weight excluding hydrogens is 426 g/mol. The second kappa shape index (κ2) is 7.42. The summed E-state index contributed by atoms with van der Waals surface area (Å²) in [6.45, 7) is 0. The number of nitrogens with zero attached hydrogens (tertiary/aromatic N) is 5. The van der Waals surface area contributed by atoms with E-state index in [1.54, 1.807) is 17.0 Å². The van der Waals surface area contributed by atoms with Crippen LogP contribution in [-0.4, -0.2) is 29.5 Å². The van der Waals surface area contributed by atoms with Crippen molar-refractivity contribution in [3.8, 4) is 5.69 Å². The molecule has 32 heavy (non-hydrogen) atoms. The number of hydrogen-bond acceptors (Lipinski definition) is 6. The van der Waals surface area contributed by atoms with Gasteiger partial charge < -0.3 is 10.3 Å². The number of aromatic amines is 1. The maximum absolute atomic E-state index is 13.7. The summed E-state index contributed by atoms with van der Waals surface area (Å²) < 4.78 is 1.66. The van der Waals surface area contributed by atoms with Crippen LogP contribution in [-0.2, 0) is 0 Å².